The Morgan fingerprint density at radius 2 is 0.750 bits per heavy atom. The lowest BCUT2D eigenvalue weighted by atomic mass is 9.85. The Morgan fingerprint density at radius 3 is 1.11 bits per heavy atom. The number of Topliss-reactive ketones (excluding diaryl/α,β-unsaturated/α-hetero) is 1. The molecule has 5 aliphatic carbocycles. The number of carbonyl (C=O) groups excluding carboxylic acids is 5. The van der Waals surface area contributed by atoms with Crippen LogP contribution < -0.4 is 15.2 Å². The van der Waals surface area contributed by atoms with E-state index in [9.17, 15) is 75.5 Å². The second kappa shape index (κ2) is 39.3. The first-order chi connectivity index (χ1) is 54.5. The molecule has 17 nitrogen and oxygen atoms in total. The van der Waals surface area contributed by atoms with Crippen molar-refractivity contribution in [2.75, 3.05) is 18.9 Å². The van der Waals surface area contributed by atoms with Gasteiger partial charge in [0.2, 0.25) is 0 Å². The number of ether oxygens (including phenoxy) is 5. The third kappa shape index (κ3) is 27.1. The first-order valence-electron chi connectivity index (χ1n) is 39.5. The number of aliphatic carboxylic acids is 1. The zero-order valence-corrected chi connectivity index (χ0v) is 67.4. The van der Waals surface area contributed by atoms with Gasteiger partial charge in [0.15, 0.2) is 5.78 Å². The fraction of sp³-hybridized carbons (Fsp3) is 0.441. The molecule has 0 spiro atoms. The highest BCUT2D eigenvalue weighted by molar-refractivity contribution is 5.99. The molecule has 0 saturated heterocycles. The van der Waals surface area contributed by atoms with E-state index >= 15 is 0 Å². The lowest BCUT2D eigenvalue weighted by Crippen LogP contribution is -2.26. The van der Waals surface area contributed by atoms with E-state index < -0.39 is 46.3 Å². The molecule has 23 heteroatoms. The fourth-order valence-electron chi connectivity index (χ4n) is 15.2. The van der Waals surface area contributed by atoms with Crippen LogP contribution in [0.2, 0.25) is 0 Å². The van der Waals surface area contributed by atoms with Crippen LogP contribution in [0.25, 0.3) is 11.1 Å². The van der Waals surface area contributed by atoms with Gasteiger partial charge in [-0.2, -0.15) is 26.3 Å². The summed E-state index contributed by atoms with van der Waals surface area (Å²) in [6.07, 6.45) is 5.51. The van der Waals surface area contributed by atoms with Crippen molar-refractivity contribution in [2.24, 2.45) is 0 Å². The Balaban J connectivity index is 0.000000162. The van der Waals surface area contributed by atoms with Gasteiger partial charge in [0, 0.05) is 61.4 Å². The number of carbonyl (C=O) groups is 6. The van der Waals surface area contributed by atoms with Gasteiger partial charge in [0.05, 0.1) is 68.0 Å². The highest BCUT2D eigenvalue weighted by Gasteiger charge is 2.35. The number of nitrogens with two attached hydrogens (primary N) is 1. The van der Waals surface area contributed by atoms with Crippen LogP contribution in [0.3, 0.4) is 0 Å². The SMILES string of the molecule is CC(C)(C)OC(=O)Cc1cccc2c1CC(=O)CC2.CC(C)(C)OC(=O)Cc1cccc2c1CC(O)CC2.CC(C)(C)OC(=O)Cc1cccc2c1C[C@H](O)CC2.Nc1cccc2c1C[C@H](O)CC2.O=C(/C=C1\CCOc2cc(C(F)(F)F)ccc21)Cc1cccc2c1C[C@H](O)CC2.O=C(O)/C=C1\CCOc2cc(C(F)(F)F)ccc21. The third-order valence-electron chi connectivity index (χ3n) is 20.4. The molecule has 7 aromatic rings. The smallest absolute Gasteiger partial charge is 0.416 e. The predicted octanol–water partition coefficient (Wildman–Crippen LogP) is 16.1. The number of anilines is 1. The van der Waals surface area contributed by atoms with Crippen LogP contribution in [0.1, 0.15) is 207 Å². The van der Waals surface area contributed by atoms with Crippen molar-refractivity contribution in [3.63, 3.8) is 0 Å². The van der Waals surface area contributed by atoms with Crippen molar-refractivity contribution in [2.45, 2.75) is 251 Å². The highest BCUT2D eigenvalue weighted by Crippen LogP contribution is 2.41. The molecule has 0 radical (unpaired) electrons. The summed E-state index contributed by atoms with van der Waals surface area (Å²) in [5, 5.41) is 47.6. The zero-order chi connectivity index (χ0) is 84.6. The number of hydrogen-bond acceptors (Lipinski definition) is 16. The van der Waals surface area contributed by atoms with Gasteiger partial charge in [0.25, 0.3) is 0 Å². The van der Waals surface area contributed by atoms with Gasteiger partial charge in [0.1, 0.15) is 34.1 Å². The lowest BCUT2D eigenvalue weighted by Gasteiger charge is -2.24. The van der Waals surface area contributed by atoms with Gasteiger partial charge in [-0.15, -0.1) is 0 Å². The molecule has 7 aromatic carbocycles. The minimum atomic E-state index is -4.44. The zero-order valence-electron chi connectivity index (χ0n) is 67.4. The van der Waals surface area contributed by atoms with Gasteiger partial charge in [-0.3, -0.25) is 24.0 Å². The van der Waals surface area contributed by atoms with Crippen LogP contribution in [0.4, 0.5) is 32.0 Å². The number of allylic oxidation sites excluding steroid dienone is 1. The molecule has 0 amide bonds. The summed E-state index contributed by atoms with van der Waals surface area (Å²) >= 11 is 0. The van der Waals surface area contributed by atoms with Gasteiger partial charge in [-0.25, -0.2) is 4.79 Å². The summed E-state index contributed by atoms with van der Waals surface area (Å²) in [6.45, 7) is 17.2. The van der Waals surface area contributed by atoms with E-state index in [0.717, 1.165) is 150 Å². The number of ketones is 2. The number of aliphatic hydroxyl groups excluding tert-OH is 4. The monoisotopic (exact) mass is 1610 g/mol. The normalized spacial score (nSPS) is 18.6. The second-order valence-corrected chi connectivity index (χ2v) is 33.2. The number of benzene rings is 7. The Morgan fingerprint density at radius 1 is 0.422 bits per heavy atom. The molecule has 14 rings (SSSR count). The van der Waals surface area contributed by atoms with Crippen LogP contribution in [0.5, 0.6) is 11.5 Å². The van der Waals surface area contributed by atoms with Crippen LogP contribution >= 0.6 is 0 Å². The van der Waals surface area contributed by atoms with Gasteiger partial charge >= 0.3 is 36.2 Å². The number of aryl methyl sites for hydroxylation is 5. The van der Waals surface area contributed by atoms with E-state index in [1.165, 1.54) is 46.0 Å². The number of halogens is 6. The number of esters is 3. The first kappa shape index (κ1) is 90.0. The van der Waals surface area contributed by atoms with Crippen LogP contribution in [-0.4, -0.2) is 115 Å². The van der Waals surface area contributed by atoms with Crippen molar-refractivity contribution in [3.8, 4) is 11.5 Å². The molecule has 622 valence electrons. The number of fused-ring (bicyclic) bond motifs is 7. The van der Waals surface area contributed by atoms with E-state index in [1.807, 2.05) is 135 Å². The van der Waals surface area contributed by atoms with Crippen molar-refractivity contribution in [1.29, 1.82) is 0 Å². The number of carboxylic acid groups (broad SMARTS) is 1. The maximum Gasteiger partial charge on any atom is 0.416 e. The number of hydrogen-bond donors (Lipinski definition) is 6. The summed E-state index contributed by atoms with van der Waals surface area (Å²) in [5.41, 5.74) is 21.2. The molecule has 0 saturated carbocycles. The molecule has 2 heterocycles. The van der Waals surface area contributed by atoms with Crippen LogP contribution in [0, 0.1) is 0 Å². The maximum absolute atomic E-state index is 12.9. The molecule has 0 fully saturated rings. The maximum atomic E-state index is 12.9. The standard InChI is InChI=1S/C23H21F3O3.2C16H22O3.C16H20O3.C12H9F3O3.C10H13NO/c24-23(25,26)17-5-7-20-16(8-9-29-22(20)12-17)11-19(28)10-15-3-1-2-14-4-6-18(27)13-21(14)15;3*1-16(2,3)19-15(18)9-12-6-4-5-11-7-8-13(17)10-14(11)12;13-12(14,15)8-1-2-9-7(5-11(16)17)3-4-18-10(9)6-8;11-10-3-1-2-7-4-5-8(12)6-9(7)10/h1-3,5,7,11-12,18,27H,4,6,8-10,13H2;2*4-6,13,17H,7-10H2,1-3H3;4-6H,7-10H2,1-3H3;1-2,5-6H,3-4H2,(H,16,17);1-3,8,12H,4-6,11H2/b16-11+;;;;7-5+;/t18-;13-;;;;8-/m11...1/s1. The van der Waals surface area contributed by atoms with Crippen LogP contribution in [0.15, 0.2) is 140 Å². The van der Waals surface area contributed by atoms with E-state index in [1.54, 1.807) is 0 Å². The van der Waals surface area contributed by atoms with Gasteiger partial charge < -0.3 is 55.0 Å². The molecule has 1 unspecified atom stereocenters. The molecule has 0 bridgehead atoms. The number of rotatable bonds is 10. The summed E-state index contributed by atoms with van der Waals surface area (Å²) in [6, 6.07) is 36.2. The Labute approximate surface area is 674 Å². The summed E-state index contributed by atoms with van der Waals surface area (Å²) in [7, 11) is 0. The topological polar surface area (TPSA) is 276 Å². The first-order valence-corrected chi connectivity index (χ1v) is 39.5. The average Bonchev–Trinajstić information content (AvgIpc) is 0.816. The summed E-state index contributed by atoms with van der Waals surface area (Å²) in [4.78, 5) is 70.6. The number of carboxylic acids is 1. The molecule has 0 aromatic heterocycles. The van der Waals surface area contributed by atoms with E-state index in [4.69, 9.17) is 34.5 Å². The third-order valence-corrected chi connectivity index (χ3v) is 20.4. The molecular weight excluding hydrogens is 1500 g/mol. The predicted molar refractivity (Wildman–Crippen MR) is 430 cm³/mol. The molecule has 4 atom stereocenters. The van der Waals surface area contributed by atoms with Gasteiger partial charge in [-0.05, 0) is 265 Å². The van der Waals surface area contributed by atoms with E-state index in [0.29, 0.717) is 67.2 Å². The number of nitrogen functional groups attached to an aromatic ring is 1. The van der Waals surface area contributed by atoms with E-state index in [-0.39, 0.29) is 104 Å². The number of aliphatic hydroxyl groups is 4. The highest BCUT2D eigenvalue weighted by atomic mass is 19.4. The second-order valence-electron chi connectivity index (χ2n) is 33.2. The van der Waals surface area contributed by atoms with Crippen molar-refractivity contribution >= 4 is 52.3 Å². The Bertz CT molecular complexity index is 4660. The van der Waals surface area contributed by atoms with Gasteiger partial charge in [-0.1, -0.05) is 97.1 Å². The largest absolute Gasteiger partial charge is 0.493 e. The molecule has 7 aliphatic rings. The van der Waals surface area contributed by atoms with Crippen LogP contribution in [-0.2, 0) is 145 Å². The molecule has 7 N–H and O–H groups in total. The Kier molecular flexibility index (Phi) is 30.5. The summed E-state index contributed by atoms with van der Waals surface area (Å²) < 4.78 is 103. The fourth-order valence-corrected chi connectivity index (χ4v) is 15.2. The quantitative estimate of drug-likeness (QED) is 0.0244. The minimum Gasteiger partial charge on any atom is -0.493 e. The van der Waals surface area contributed by atoms with Crippen molar-refractivity contribution < 1.29 is 104 Å². The average molecular weight is 1610 g/mol. The van der Waals surface area contributed by atoms with Crippen molar-refractivity contribution in [3.05, 3.63) is 240 Å². The minimum absolute atomic E-state index is 0.0728. The number of alkyl halides is 6. The lowest BCUT2D eigenvalue weighted by molar-refractivity contribution is -0.155. The molecule has 116 heavy (non-hydrogen) atoms. The molecular formula is C93H107F6NO16. The van der Waals surface area contributed by atoms with Crippen molar-refractivity contribution in [1.82, 2.24) is 0 Å². The summed E-state index contributed by atoms with van der Waals surface area (Å²) in [5.74, 6) is -1.40. The van der Waals surface area contributed by atoms with E-state index in [2.05, 4.69) is 18.2 Å². The Hall–Kier alpha value is -9.94. The molecule has 2 aliphatic heterocycles.